The van der Waals surface area contributed by atoms with Crippen molar-refractivity contribution in [1.29, 1.82) is 0 Å². The Kier molecular flexibility index (Phi) is 7.60. The van der Waals surface area contributed by atoms with Crippen molar-refractivity contribution in [1.82, 2.24) is 10.6 Å². The molecule has 0 aliphatic carbocycles. The van der Waals surface area contributed by atoms with Crippen LogP contribution in [0.1, 0.15) is 30.1 Å². The van der Waals surface area contributed by atoms with Crippen LogP contribution in [-0.4, -0.2) is 26.2 Å². The topological polar surface area (TPSA) is 76.1 Å². The van der Waals surface area contributed by atoms with Gasteiger partial charge in [0, 0.05) is 0 Å². The summed E-state index contributed by atoms with van der Waals surface area (Å²) in [5.41, 5.74) is 13.6. The predicted octanol–water partition coefficient (Wildman–Crippen LogP) is 0.870. The van der Waals surface area contributed by atoms with Gasteiger partial charge in [-0.1, -0.05) is 29.8 Å². The van der Waals surface area contributed by atoms with Crippen molar-refractivity contribution >= 4 is 0 Å². The lowest BCUT2D eigenvalue weighted by Gasteiger charge is -2.21. The molecule has 1 rings (SSSR count). The average molecular weight is 250 g/mol. The van der Waals surface area contributed by atoms with Crippen LogP contribution in [0.25, 0.3) is 0 Å². The van der Waals surface area contributed by atoms with Crippen LogP contribution in [0.3, 0.4) is 0 Å². The van der Waals surface area contributed by atoms with E-state index >= 15 is 0 Å². The molecule has 4 nitrogen and oxygen atoms in total. The third-order valence-electron chi connectivity index (χ3n) is 2.87. The second-order valence-corrected chi connectivity index (χ2v) is 4.54. The summed E-state index contributed by atoms with van der Waals surface area (Å²) < 4.78 is 0. The Labute approximate surface area is 110 Å². The highest BCUT2D eigenvalue weighted by atomic mass is 15.1. The minimum Gasteiger partial charge on any atom is -0.330 e. The zero-order valence-electron chi connectivity index (χ0n) is 11.3. The molecule has 0 aliphatic rings. The predicted molar refractivity (Wildman–Crippen MR) is 77.3 cm³/mol. The van der Waals surface area contributed by atoms with Crippen molar-refractivity contribution in [2.75, 3.05) is 26.2 Å². The van der Waals surface area contributed by atoms with Crippen molar-refractivity contribution in [2.45, 2.75) is 25.9 Å². The molecule has 4 heteroatoms. The first-order valence-electron chi connectivity index (χ1n) is 6.71. The Morgan fingerprint density at radius 1 is 0.944 bits per heavy atom. The fourth-order valence-corrected chi connectivity index (χ4v) is 1.76. The van der Waals surface area contributed by atoms with Crippen LogP contribution in [0.2, 0.25) is 0 Å². The number of nitrogens with one attached hydrogen (secondary N) is 2. The smallest absolute Gasteiger partial charge is 0.0835 e. The van der Waals surface area contributed by atoms with E-state index in [9.17, 15) is 0 Å². The molecule has 0 radical (unpaired) electrons. The van der Waals surface area contributed by atoms with Gasteiger partial charge in [0.2, 0.25) is 0 Å². The van der Waals surface area contributed by atoms with Crippen LogP contribution >= 0.6 is 0 Å². The molecule has 0 atom stereocenters. The van der Waals surface area contributed by atoms with Gasteiger partial charge >= 0.3 is 0 Å². The van der Waals surface area contributed by atoms with Gasteiger partial charge in [0.05, 0.1) is 6.17 Å². The Morgan fingerprint density at radius 3 is 1.89 bits per heavy atom. The second-order valence-electron chi connectivity index (χ2n) is 4.54. The summed E-state index contributed by atoms with van der Waals surface area (Å²) in [5.74, 6) is 0. The monoisotopic (exact) mass is 250 g/mol. The highest BCUT2D eigenvalue weighted by Gasteiger charge is 2.08. The Balaban J connectivity index is 2.54. The van der Waals surface area contributed by atoms with Crippen LogP contribution in [0.5, 0.6) is 0 Å². The molecule has 0 unspecified atom stereocenters. The van der Waals surface area contributed by atoms with E-state index in [-0.39, 0.29) is 6.17 Å². The molecule has 0 saturated heterocycles. The maximum Gasteiger partial charge on any atom is 0.0835 e. The molecular formula is C14H26N4. The summed E-state index contributed by atoms with van der Waals surface area (Å²) in [7, 11) is 0. The zero-order chi connectivity index (χ0) is 13.2. The van der Waals surface area contributed by atoms with Crippen molar-refractivity contribution in [3.05, 3.63) is 35.4 Å². The summed E-state index contributed by atoms with van der Waals surface area (Å²) in [6, 6.07) is 8.59. The number of benzene rings is 1. The van der Waals surface area contributed by atoms with Gasteiger partial charge in [-0.3, -0.25) is 10.6 Å². The third-order valence-corrected chi connectivity index (χ3v) is 2.87. The van der Waals surface area contributed by atoms with Gasteiger partial charge in [-0.25, -0.2) is 0 Å². The lowest BCUT2D eigenvalue weighted by atomic mass is 10.1. The van der Waals surface area contributed by atoms with Crippen molar-refractivity contribution in [3.63, 3.8) is 0 Å². The lowest BCUT2D eigenvalue weighted by Crippen LogP contribution is -2.36. The van der Waals surface area contributed by atoms with E-state index in [1.54, 1.807) is 0 Å². The first-order chi connectivity index (χ1) is 8.77. The van der Waals surface area contributed by atoms with Crippen LogP contribution in [-0.2, 0) is 0 Å². The van der Waals surface area contributed by atoms with Crippen LogP contribution < -0.4 is 22.1 Å². The Hall–Kier alpha value is -0.940. The molecule has 6 N–H and O–H groups in total. The SMILES string of the molecule is Cc1ccc(C(NCCCN)NCCCN)cc1. The number of aryl methyl sites for hydroxylation is 1. The second kappa shape index (κ2) is 9.05. The number of hydrogen-bond donors (Lipinski definition) is 4. The molecule has 0 saturated carbocycles. The van der Waals surface area contributed by atoms with Crippen LogP contribution in [0, 0.1) is 6.92 Å². The minimum absolute atomic E-state index is 0.184. The van der Waals surface area contributed by atoms with Gasteiger partial charge in [0.15, 0.2) is 0 Å². The minimum atomic E-state index is 0.184. The highest BCUT2D eigenvalue weighted by molar-refractivity contribution is 5.23. The molecule has 0 spiro atoms. The fraction of sp³-hybridized carbons (Fsp3) is 0.571. The third kappa shape index (κ3) is 5.60. The number of hydrogen-bond acceptors (Lipinski definition) is 4. The van der Waals surface area contributed by atoms with Crippen molar-refractivity contribution in [3.8, 4) is 0 Å². The largest absolute Gasteiger partial charge is 0.330 e. The quantitative estimate of drug-likeness (QED) is 0.387. The molecule has 0 amide bonds. The summed E-state index contributed by atoms with van der Waals surface area (Å²) in [5, 5.41) is 6.97. The molecule has 1 aromatic rings. The first-order valence-corrected chi connectivity index (χ1v) is 6.71. The molecule has 1 aromatic carbocycles. The first kappa shape index (κ1) is 15.1. The van der Waals surface area contributed by atoms with Gasteiger partial charge in [0.1, 0.15) is 0 Å². The van der Waals surface area contributed by atoms with Gasteiger partial charge in [0.25, 0.3) is 0 Å². The molecule has 0 aromatic heterocycles. The zero-order valence-corrected chi connectivity index (χ0v) is 11.3. The summed E-state index contributed by atoms with van der Waals surface area (Å²) in [6.45, 7) is 5.38. The average Bonchev–Trinajstić information content (AvgIpc) is 2.38. The maximum absolute atomic E-state index is 5.52. The van der Waals surface area contributed by atoms with Gasteiger partial charge < -0.3 is 11.5 Å². The van der Waals surface area contributed by atoms with E-state index in [1.165, 1.54) is 11.1 Å². The standard InChI is InChI=1S/C14H26N4/c1-12-4-6-13(7-5-12)14(17-10-2-8-15)18-11-3-9-16/h4-7,14,17-18H,2-3,8-11,15-16H2,1H3. The van der Waals surface area contributed by atoms with Gasteiger partial charge in [-0.05, 0) is 51.5 Å². The molecule has 18 heavy (non-hydrogen) atoms. The van der Waals surface area contributed by atoms with E-state index in [1.807, 2.05) is 0 Å². The van der Waals surface area contributed by atoms with Crippen LogP contribution in [0.4, 0.5) is 0 Å². The summed E-state index contributed by atoms with van der Waals surface area (Å²) >= 11 is 0. The van der Waals surface area contributed by atoms with Crippen molar-refractivity contribution in [2.24, 2.45) is 11.5 Å². The normalized spacial score (nSPS) is 11.1. The number of rotatable bonds is 9. The molecule has 0 aliphatic heterocycles. The Morgan fingerprint density at radius 2 is 1.44 bits per heavy atom. The van der Waals surface area contributed by atoms with Crippen molar-refractivity contribution < 1.29 is 0 Å². The molecule has 0 fully saturated rings. The number of nitrogens with two attached hydrogens (primary N) is 2. The maximum atomic E-state index is 5.52. The summed E-state index contributed by atoms with van der Waals surface area (Å²) in [6.07, 6.45) is 2.16. The van der Waals surface area contributed by atoms with E-state index in [4.69, 9.17) is 11.5 Å². The Bertz CT molecular complexity index is 300. The van der Waals surface area contributed by atoms with E-state index in [0.717, 1.165) is 39.0 Å². The molecule has 0 heterocycles. The lowest BCUT2D eigenvalue weighted by molar-refractivity contribution is 0.434. The van der Waals surface area contributed by atoms with E-state index in [2.05, 4.69) is 41.8 Å². The molecular weight excluding hydrogens is 224 g/mol. The molecule has 102 valence electrons. The molecule has 0 bridgehead atoms. The highest BCUT2D eigenvalue weighted by Crippen LogP contribution is 2.11. The van der Waals surface area contributed by atoms with Crippen LogP contribution in [0.15, 0.2) is 24.3 Å². The summed E-state index contributed by atoms with van der Waals surface area (Å²) in [4.78, 5) is 0. The fourth-order valence-electron chi connectivity index (χ4n) is 1.76. The van der Waals surface area contributed by atoms with E-state index in [0.29, 0.717) is 0 Å². The van der Waals surface area contributed by atoms with Gasteiger partial charge in [-0.2, -0.15) is 0 Å². The van der Waals surface area contributed by atoms with E-state index < -0.39 is 0 Å². The van der Waals surface area contributed by atoms with Gasteiger partial charge in [-0.15, -0.1) is 0 Å².